The predicted octanol–water partition coefficient (Wildman–Crippen LogP) is 2.52. The lowest BCUT2D eigenvalue weighted by atomic mass is 10.2. The van der Waals surface area contributed by atoms with Gasteiger partial charge in [0.2, 0.25) is 0 Å². The van der Waals surface area contributed by atoms with Crippen molar-refractivity contribution in [2.75, 3.05) is 29.5 Å². The number of hydrogen-bond acceptors (Lipinski definition) is 4. The van der Waals surface area contributed by atoms with Crippen LogP contribution in [0.15, 0.2) is 18.3 Å². The van der Waals surface area contributed by atoms with Crippen LogP contribution in [-0.4, -0.2) is 35.6 Å². The molecule has 0 unspecified atom stereocenters. The summed E-state index contributed by atoms with van der Waals surface area (Å²) in [6, 6.07) is 4.87. The first-order chi connectivity index (χ1) is 8.75. The molecule has 1 aliphatic heterocycles. The maximum atomic E-state index is 4.44. The molecule has 0 saturated carbocycles. The van der Waals surface area contributed by atoms with E-state index >= 15 is 0 Å². The molecule has 0 radical (unpaired) electrons. The van der Waals surface area contributed by atoms with Gasteiger partial charge in [0.05, 0.1) is 5.69 Å². The minimum absolute atomic E-state index is 0.505. The second-order valence-electron chi connectivity index (χ2n) is 4.99. The van der Waals surface area contributed by atoms with E-state index in [9.17, 15) is 0 Å². The zero-order valence-corrected chi connectivity index (χ0v) is 12.2. The summed E-state index contributed by atoms with van der Waals surface area (Å²) >= 11 is 2.06. The molecule has 0 amide bonds. The monoisotopic (exact) mass is 265 g/mol. The van der Waals surface area contributed by atoms with Crippen molar-refractivity contribution in [3.63, 3.8) is 0 Å². The van der Waals surface area contributed by atoms with Gasteiger partial charge in [0, 0.05) is 43.3 Å². The molecule has 0 aliphatic carbocycles. The van der Waals surface area contributed by atoms with Crippen molar-refractivity contribution in [3.8, 4) is 0 Å². The largest absolute Gasteiger partial charge is 0.371 e. The van der Waals surface area contributed by atoms with Crippen molar-refractivity contribution in [3.05, 3.63) is 24.0 Å². The van der Waals surface area contributed by atoms with Crippen LogP contribution in [0.2, 0.25) is 0 Å². The number of nitrogens with zero attached hydrogens (tertiary/aromatic N) is 2. The Morgan fingerprint density at radius 2 is 2.28 bits per heavy atom. The molecule has 1 aromatic rings. The molecule has 0 aromatic carbocycles. The molecule has 2 rings (SSSR count). The standard InChI is InChI=1S/C14H23N3S/c1-12(2)16-11-13-10-14(4-5-15-13)17-6-3-8-18-9-7-17/h4-5,10,12,16H,3,6-9,11H2,1-2H3. The number of pyridine rings is 1. The molecular weight excluding hydrogens is 242 g/mol. The van der Waals surface area contributed by atoms with Gasteiger partial charge in [-0.1, -0.05) is 13.8 Å². The van der Waals surface area contributed by atoms with Crippen LogP contribution >= 0.6 is 11.8 Å². The maximum absolute atomic E-state index is 4.44. The van der Waals surface area contributed by atoms with Gasteiger partial charge >= 0.3 is 0 Å². The fraction of sp³-hybridized carbons (Fsp3) is 0.643. The lowest BCUT2D eigenvalue weighted by Gasteiger charge is -2.22. The van der Waals surface area contributed by atoms with Crippen LogP contribution in [0.3, 0.4) is 0 Å². The van der Waals surface area contributed by atoms with Crippen LogP contribution in [0, 0.1) is 0 Å². The van der Waals surface area contributed by atoms with Gasteiger partial charge in [-0.15, -0.1) is 0 Å². The van der Waals surface area contributed by atoms with Gasteiger partial charge in [0.15, 0.2) is 0 Å². The number of anilines is 1. The SMILES string of the molecule is CC(C)NCc1cc(N2CCCSCC2)ccn1. The third kappa shape index (κ3) is 4.18. The average molecular weight is 265 g/mol. The van der Waals surface area contributed by atoms with Crippen molar-refractivity contribution >= 4 is 17.4 Å². The van der Waals surface area contributed by atoms with Crippen LogP contribution in [0.25, 0.3) is 0 Å². The normalized spacial score (nSPS) is 16.9. The summed E-state index contributed by atoms with van der Waals surface area (Å²) in [5.74, 6) is 2.53. The highest BCUT2D eigenvalue weighted by molar-refractivity contribution is 7.99. The van der Waals surface area contributed by atoms with Crippen LogP contribution in [0.4, 0.5) is 5.69 Å². The van der Waals surface area contributed by atoms with E-state index < -0.39 is 0 Å². The number of rotatable bonds is 4. The highest BCUT2D eigenvalue weighted by atomic mass is 32.2. The lowest BCUT2D eigenvalue weighted by molar-refractivity contribution is 0.581. The highest BCUT2D eigenvalue weighted by Crippen LogP contribution is 2.19. The van der Waals surface area contributed by atoms with Gasteiger partial charge in [-0.25, -0.2) is 0 Å². The molecular formula is C14H23N3S. The fourth-order valence-electron chi connectivity index (χ4n) is 2.07. The molecule has 4 heteroatoms. The summed E-state index contributed by atoms with van der Waals surface area (Å²) in [5.41, 5.74) is 2.46. The Bertz CT molecular complexity index is 360. The summed E-state index contributed by atoms with van der Waals surface area (Å²) in [6.45, 7) is 7.51. The first-order valence-corrected chi connectivity index (χ1v) is 7.92. The van der Waals surface area contributed by atoms with Crippen molar-refractivity contribution < 1.29 is 0 Å². The summed E-state index contributed by atoms with van der Waals surface area (Å²) in [5, 5.41) is 3.42. The summed E-state index contributed by atoms with van der Waals surface area (Å²) in [4.78, 5) is 6.92. The molecule has 1 aromatic heterocycles. The third-order valence-corrected chi connectivity index (χ3v) is 4.13. The van der Waals surface area contributed by atoms with Crippen LogP contribution < -0.4 is 10.2 Å². The maximum Gasteiger partial charge on any atom is 0.0562 e. The highest BCUT2D eigenvalue weighted by Gasteiger charge is 2.10. The molecule has 2 heterocycles. The Balaban J connectivity index is 2.01. The quantitative estimate of drug-likeness (QED) is 0.905. The average Bonchev–Trinajstić information content (AvgIpc) is 2.65. The molecule has 1 aliphatic rings. The van der Waals surface area contributed by atoms with Crippen molar-refractivity contribution in [2.24, 2.45) is 0 Å². The van der Waals surface area contributed by atoms with Crippen molar-refractivity contribution in [1.82, 2.24) is 10.3 Å². The summed E-state index contributed by atoms with van der Waals surface area (Å²) in [7, 11) is 0. The molecule has 1 N–H and O–H groups in total. The first-order valence-electron chi connectivity index (χ1n) is 6.77. The second kappa shape index (κ2) is 7.00. The molecule has 0 atom stereocenters. The van der Waals surface area contributed by atoms with Gasteiger partial charge in [-0.2, -0.15) is 11.8 Å². The number of aromatic nitrogens is 1. The zero-order chi connectivity index (χ0) is 12.8. The van der Waals surface area contributed by atoms with E-state index in [1.165, 1.54) is 30.2 Å². The van der Waals surface area contributed by atoms with Gasteiger partial charge in [-0.3, -0.25) is 4.98 Å². The van der Waals surface area contributed by atoms with E-state index in [4.69, 9.17) is 0 Å². The Morgan fingerprint density at radius 1 is 1.39 bits per heavy atom. The molecule has 0 spiro atoms. The minimum Gasteiger partial charge on any atom is -0.371 e. The Morgan fingerprint density at radius 3 is 3.11 bits per heavy atom. The van der Waals surface area contributed by atoms with E-state index in [-0.39, 0.29) is 0 Å². The summed E-state index contributed by atoms with van der Waals surface area (Å²) < 4.78 is 0. The fourth-order valence-corrected chi connectivity index (χ4v) is 2.96. The van der Waals surface area contributed by atoms with Crippen molar-refractivity contribution in [2.45, 2.75) is 32.9 Å². The van der Waals surface area contributed by atoms with E-state index in [2.05, 4.69) is 52.9 Å². The Labute approximate surface area is 114 Å². The molecule has 3 nitrogen and oxygen atoms in total. The lowest BCUT2D eigenvalue weighted by Crippen LogP contribution is -2.26. The smallest absolute Gasteiger partial charge is 0.0562 e. The van der Waals surface area contributed by atoms with Crippen LogP contribution in [0.1, 0.15) is 26.0 Å². The van der Waals surface area contributed by atoms with Crippen LogP contribution in [0.5, 0.6) is 0 Å². The first kappa shape index (κ1) is 13.7. The number of thioether (sulfide) groups is 1. The topological polar surface area (TPSA) is 28.2 Å². The van der Waals surface area contributed by atoms with Gasteiger partial charge in [0.25, 0.3) is 0 Å². The van der Waals surface area contributed by atoms with E-state index in [0.717, 1.165) is 18.8 Å². The van der Waals surface area contributed by atoms with Gasteiger partial charge < -0.3 is 10.2 Å². The molecule has 0 bridgehead atoms. The molecule has 1 fully saturated rings. The minimum atomic E-state index is 0.505. The summed E-state index contributed by atoms with van der Waals surface area (Å²) in [6.07, 6.45) is 3.22. The Hall–Kier alpha value is -0.740. The van der Waals surface area contributed by atoms with Crippen molar-refractivity contribution in [1.29, 1.82) is 0 Å². The van der Waals surface area contributed by atoms with Crippen LogP contribution in [-0.2, 0) is 6.54 Å². The predicted molar refractivity (Wildman–Crippen MR) is 80.4 cm³/mol. The zero-order valence-electron chi connectivity index (χ0n) is 11.4. The van der Waals surface area contributed by atoms with Gasteiger partial charge in [-0.05, 0) is 24.3 Å². The van der Waals surface area contributed by atoms with E-state index in [0.29, 0.717) is 6.04 Å². The molecule has 1 saturated heterocycles. The third-order valence-electron chi connectivity index (χ3n) is 3.08. The Kier molecular flexibility index (Phi) is 5.32. The molecule has 18 heavy (non-hydrogen) atoms. The van der Waals surface area contributed by atoms with E-state index in [1.54, 1.807) is 0 Å². The van der Waals surface area contributed by atoms with E-state index in [1.807, 2.05) is 6.20 Å². The van der Waals surface area contributed by atoms with Gasteiger partial charge in [0.1, 0.15) is 0 Å². The number of nitrogens with one attached hydrogen (secondary N) is 1. The second-order valence-corrected chi connectivity index (χ2v) is 6.22. The molecule has 100 valence electrons. The number of hydrogen-bond donors (Lipinski definition) is 1.